The van der Waals surface area contributed by atoms with Crippen LogP contribution in [0.25, 0.3) is 6.08 Å². The van der Waals surface area contributed by atoms with Crippen molar-refractivity contribution in [2.45, 2.75) is 38.6 Å². The number of benzene rings is 1. The Bertz CT molecular complexity index is 586. The van der Waals surface area contributed by atoms with Gasteiger partial charge < -0.3 is 5.32 Å². The molecule has 1 amide bonds. The van der Waals surface area contributed by atoms with E-state index in [-0.39, 0.29) is 5.91 Å². The molecule has 0 spiro atoms. The topological polar surface area (TPSA) is 41.5 Å². The molecule has 104 valence electrons. The van der Waals surface area contributed by atoms with Crippen LogP contribution in [0.1, 0.15) is 36.8 Å². The Morgan fingerprint density at radius 3 is 2.90 bits per heavy atom. The van der Waals surface area contributed by atoms with Crippen LogP contribution in [-0.2, 0) is 4.79 Å². The van der Waals surface area contributed by atoms with E-state index >= 15 is 0 Å². The molecule has 0 unspecified atom stereocenters. The monoisotopic (exact) mass is 286 g/mol. The fraction of sp³-hybridized carbons (Fsp3) is 0.375. The van der Waals surface area contributed by atoms with Crippen molar-refractivity contribution in [2.75, 3.05) is 0 Å². The molecule has 20 heavy (non-hydrogen) atoms. The average molecular weight is 286 g/mol. The van der Waals surface area contributed by atoms with Gasteiger partial charge in [-0.25, -0.2) is 0 Å². The normalized spacial score (nSPS) is 23.8. The number of carbonyl (C=O) groups excluding carboxylic acids is 1. The summed E-state index contributed by atoms with van der Waals surface area (Å²) in [6, 6.07) is 8.55. The number of thioether (sulfide) groups is 1. The van der Waals surface area contributed by atoms with Crippen LogP contribution < -0.4 is 5.32 Å². The van der Waals surface area contributed by atoms with Gasteiger partial charge in [-0.15, -0.1) is 0 Å². The SMILES string of the molecule is Cc1cccc(/C=C2/SC(=NC3CCCC3)NC2=O)c1. The second-order valence-corrected chi connectivity index (χ2v) is 6.38. The second-order valence-electron chi connectivity index (χ2n) is 5.35. The highest BCUT2D eigenvalue weighted by Crippen LogP contribution is 2.29. The lowest BCUT2D eigenvalue weighted by atomic mass is 10.1. The van der Waals surface area contributed by atoms with Gasteiger partial charge in [0.05, 0.1) is 10.9 Å². The molecule has 1 heterocycles. The molecule has 3 nitrogen and oxygen atoms in total. The highest BCUT2D eigenvalue weighted by atomic mass is 32.2. The van der Waals surface area contributed by atoms with Crippen molar-refractivity contribution in [2.24, 2.45) is 4.99 Å². The number of aryl methyl sites for hydroxylation is 1. The number of nitrogens with one attached hydrogen (secondary N) is 1. The van der Waals surface area contributed by atoms with Gasteiger partial charge >= 0.3 is 0 Å². The number of rotatable bonds is 2. The molecule has 1 aliphatic heterocycles. The summed E-state index contributed by atoms with van der Waals surface area (Å²) in [4.78, 5) is 17.3. The Kier molecular flexibility index (Phi) is 3.92. The maximum Gasteiger partial charge on any atom is 0.264 e. The minimum Gasteiger partial charge on any atom is -0.301 e. The van der Waals surface area contributed by atoms with Gasteiger partial charge in [-0.2, -0.15) is 0 Å². The van der Waals surface area contributed by atoms with Gasteiger partial charge in [-0.3, -0.25) is 9.79 Å². The van der Waals surface area contributed by atoms with Crippen LogP contribution in [0, 0.1) is 6.92 Å². The minimum absolute atomic E-state index is 0.0340. The zero-order chi connectivity index (χ0) is 13.9. The van der Waals surface area contributed by atoms with Crippen LogP contribution >= 0.6 is 11.8 Å². The summed E-state index contributed by atoms with van der Waals surface area (Å²) in [5, 5.41) is 3.64. The van der Waals surface area contributed by atoms with Crippen molar-refractivity contribution in [3.05, 3.63) is 40.3 Å². The summed E-state index contributed by atoms with van der Waals surface area (Å²) in [6.45, 7) is 2.05. The molecule has 2 fully saturated rings. The molecule has 1 N–H and O–H groups in total. The molecule has 0 aromatic heterocycles. The molecule has 1 aromatic carbocycles. The first-order chi connectivity index (χ1) is 9.70. The zero-order valence-corrected chi connectivity index (χ0v) is 12.4. The quantitative estimate of drug-likeness (QED) is 0.845. The molecule has 1 aromatic rings. The van der Waals surface area contributed by atoms with Crippen molar-refractivity contribution in [3.63, 3.8) is 0 Å². The highest BCUT2D eigenvalue weighted by molar-refractivity contribution is 8.18. The van der Waals surface area contributed by atoms with E-state index in [0.29, 0.717) is 6.04 Å². The van der Waals surface area contributed by atoms with E-state index in [1.165, 1.54) is 30.2 Å². The second kappa shape index (κ2) is 5.83. The van der Waals surface area contributed by atoms with Gasteiger partial charge in [-0.05, 0) is 43.2 Å². The number of aliphatic imine (C=N–C) groups is 1. The first-order valence-electron chi connectivity index (χ1n) is 7.06. The Balaban J connectivity index is 1.76. The third-order valence-corrected chi connectivity index (χ3v) is 4.54. The van der Waals surface area contributed by atoms with Crippen LogP contribution in [0.2, 0.25) is 0 Å². The number of carbonyl (C=O) groups is 1. The molecule has 0 atom stereocenters. The largest absolute Gasteiger partial charge is 0.301 e. The Labute approximate surface area is 123 Å². The van der Waals surface area contributed by atoms with Crippen molar-refractivity contribution >= 4 is 28.9 Å². The summed E-state index contributed by atoms with van der Waals surface area (Å²) in [5.41, 5.74) is 2.26. The fourth-order valence-corrected chi connectivity index (χ4v) is 3.49. The standard InChI is InChI=1S/C16H18N2OS/c1-11-5-4-6-12(9-11)10-14-15(19)18-16(20-14)17-13-7-2-3-8-13/h4-6,9-10,13H,2-3,7-8H2,1H3,(H,17,18,19)/b14-10+. The maximum absolute atomic E-state index is 12.0. The number of amidine groups is 1. The van der Waals surface area contributed by atoms with Crippen molar-refractivity contribution in [3.8, 4) is 0 Å². The highest BCUT2D eigenvalue weighted by Gasteiger charge is 2.25. The summed E-state index contributed by atoms with van der Waals surface area (Å²) >= 11 is 1.46. The molecule has 2 aliphatic rings. The predicted molar refractivity (Wildman–Crippen MR) is 84.6 cm³/mol. The zero-order valence-electron chi connectivity index (χ0n) is 11.6. The molecule has 3 rings (SSSR count). The van der Waals surface area contributed by atoms with Gasteiger partial charge in [-0.1, -0.05) is 42.7 Å². The summed E-state index contributed by atoms with van der Waals surface area (Å²) in [6.07, 6.45) is 6.75. The van der Waals surface area contributed by atoms with Gasteiger partial charge in [0.1, 0.15) is 0 Å². The van der Waals surface area contributed by atoms with E-state index in [0.717, 1.165) is 28.5 Å². The molecule has 0 radical (unpaired) electrons. The van der Waals surface area contributed by atoms with E-state index in [1.54, 1.807) is 0 Å². The van der Waals surface area contributed by atoms with Crippen LogP contribution in [0.5, 0.6) is 0 Å². The van der Waals surface area contributed by atoms with Crippen molar-refractivity contribution in [1.82, 2.24) is 5.32 Å². The first-order valence-corrected chi connectivity index (χ1v) is 7.88. The van der Waals surface area contributed by atoms with Gasteiger partial charge in [0.15, 0.2) is 5.17 Å². The molecule has 1 saturated carbocycles. The number of hydrogen-bond acceptors (Lipinski definition) is 3. The molecule has 1 saturated heterocycles. The van der Waals surface area contributed by atoms with Crippen LogP contribution in [-0.4, -0.2) is 17.1 Å². The summed E-state index contributed by atoms with van der Waals surface area (Å²) in [5.74, 6) is -0.0340. The Morgan fingerprint density at radius 2 is 2.15 bits per heavy atom. The smallest absolute Gasteiger partial charge is 0.264 e. The van der Waals surface area contributed by atoms with Gasteiger partial charge in [0.2, 0.25) is 0 Å². The van der Waals surface area contributed by atoms with Crippen LogP contribution in [0.4, 0.5) is 0 Å². The van der Waals surface area contributed by atoms with E-state index in [4.69, 9.17) is 0 Å². The lowest BCUT2D eigenvalue weighted by Crippen LogP contribution is -2.21. The van der Waals surface area contributed by atoms with Crippen molar-refractivity contribution in [1.29, 1.82) is 0 Å². The summed E-state index contributed by atoms with van der Waals surface area (Å²) < 4.78 is 0. The molecular formula is C16H18N2OS. The third kappa shape index (κ3) is 3.12. The Hall–Kier alpha value is -1.55. The molecule has 0 bridgehead atoms. The predicted octanol–water partition coefficient (Wildman–Crippen LogP) is 3.50. The number of hydrogen-bond donors (Lipinski definition) is 1. The fourth-order valence-electron chi connectivity index (χ4n) is 2.60. The number of nitrogens with zero attached hydrogens (tertiary/aromatic N) is 1. The maximum atomic E-state index is 12.0. The van der Waals surface area contributed by atoms with Gasteiger partial charge in [0, 0.05) is 0 Å². The van der Waals surface area contributed by atoms with Crippen LogP contribution in [0.3, 0.4) is 0 Å². The first kappa shape index (κ1) is 13.4. The van der Waals surface area contributed by atoms with Gasteiger partial charge in [0.25, 0.3) is 5.91 Å². The third-order valence-electron chi connectivity index (χ3n) is 3.62. The van der Waals surface area contributed by atoms with Crippen LogP contribution in [0.15, 0.2) is 34.2 Å². The number of amides is 1. The van der Waals surface area contributed by atoms with E-state index in [1.807, 2.05) is 18.2 Å². The van der Waals surface area contributed by atoms with E-state index < -0.39 is 0 Å². The lowest BCUT2D eigenvalue weighted by molar-refractivity contribution is -0.115. The molecule has 4 heteroatoms. The van der Waals surface area contributed by atoms with Crippen molar-refractivity contribution < 1.29 is 4.79 Å². The average Bonchev–Trinajstić information content (AvgIpc) is 3.01. The summed E-state index contributed by atoms with van der Waals surface area (Å²) in [7, 11) is 0. The molecule has 1 aliphatic carbocycles. The minimum atomic E-state index is -0.0340. The molecular weight excluding hydrogens is 268 g/mol. The lowest BCUT2D eigenvalue weighted by Gasteiger charge is -2.02. The van der Waals surface area contributed by atoms with E-state index in [9.17, 15) is 4.79 Å². The Morgan fingerprint density at radius 1 is 1.35 bits per heavy atom. The van der Waals surface area contributed by atoms with E-state index in [2.05, 4.69) is 29.4 Å².